The lowest BCUT2D eigenvalue weighted by Gasteiger charge is -2.35. The lowest BCUT2D eigenvalue weighted by atomic mass is 9.97. The van der Waals surface area contributed by atoms with Crippen LogP contribution in [-0.4, -0.2) is 47.7 Å². The van der Waals surface area contributed by atoms with Gasteiger partial charge in [-0.05, 0) is 45.1 Å². The van der Waals surface area contributed by atoms with Gasteiger partial charge in [0.25, 0.3) is 0 Å². The first-order valence-corrected chi connectivity index (χ1v) is 10.3. The third kappa shape index (κ3) is 4.24. The minimum Gasteiger partial charge on any atom is -0.478 e. The zero-order valence-corrected chi connectivity index (χ0v) is 16.6. The number of benzene rings is 1. The second-order valence-corrected chi connectivity index (χ2v) is 7.64. The predicted octanol–water partition coefficient (Wildman–Crippen LogP) is 3.38. The average Bonchev–Trinajstić information content (AvgIpc) is 2.70. The predicted molar refractivity (Wildman–Crippen MR) is 109 cm³/mol. The second kappa shape index (κ2) is 8.26. The topological polar surface area (TPSA) is 41.5 Å². The van der Waals surface area contributed by atoms with Crippen LogP contribution in [-0.2, 0) is 19.4 Å². The summed E-state index contributed by atoms with van der Waals surface area (Å²) >= 11 is 0. The molecule has 0 saturated carbocycles. The van der Waals surface area contributed by atoms with Crippen LogP contribution in [0.3, 0.4) is 0 Å². The Hall–Kier alpha value is -2.14. The number of anilines is 1. The maximum absolute atomic E-state index is 5.86. The fourth-order valence-corrected chi connectivity index (χ4v) is 4.00. The maximum atomic E-state index is 5.86. The number of ether oxygens (including phenoxy) is 1. The normalized spacial score (nSPS) is 17.6. The first-order valence-electron chi connectivity index (χ1n) is 10.3. The molecule has 5 nitrogen and oxygen atoms in total. The SMILES string of the molecule is CCOc1nc(N2CCN(Cc3ccc(C)cc3)CC2)nc2c1CCCC2. The number of nitrogens with zero attached hydrogens (tertiary/aromatic N) is 4. The number of aromatic nitrogens is 2. The standard InChI is InChI=1S/C22H30N4O/c1-3-27-21-19-6-4-5-7-20(19)23-22(24-21)26-14-12-25(13-15-26)16-18-10-8-17(2)9-11-18/h8-11H,3-7,12-16H2,1-2H3. The van der Waals surface area contributed by atoms with Gasteiger partial charge in [0.05, 0.1) is 12.3 Å². The van der Waals surface area contributed by atoms with Gasteiger partial charge in [-0.3, -0.25) is 4.90 Å². The molecule has 0 spiro atoms. The summed E-state index contributed by atoms with van der Waals surface area (Å²) < 4.78 is 5.86. The molecule has 27 heavy (non-hydrogen) atoms. The Morgan fingerprint density at radius 3 is 2.44 bits per heavy atom. The van der Waals surface area contributed by atoms with Crippen molar-refractivity contribution in [1.29, 1.82) is 0 Å². The summed E-state index contributed by atoms with van der Waals surface area (Å²) in [5, 5.41) is 0. The molecule has 1 aromatic carbocycles. The van der Waals surface area contributed by atoms with Crippen LogP contribution in [0.4, 0.5) is 5.95 Å². The molecule has 4 rings (SSSR count). The zero-order chi connectivity index (χ0) is 18.6. The summed E-state index contributed by atoms with van der Waals surface area (Å²) in [6.45, 7) is 9.86. The van der Waals surface area contributed by atoms with Crippen LogP contribution in [0, 0.1) is 6.92 Å². The number of fused-ring (bicyclic) bond motifs is 1. The number of piperazine rings is 1. The third-order valence-corrected chi connectivity index (χ3v) is 5.60. The molecule has 0 bridgehead atoms. The van der Waals surface area contributed by atoms with E-state index in [2.05, 4.69) is 41.0 Å². The van der Waals surface area contributed by atoms with E-state index >= 15 is 0 Å². The highest BCUT2D eigenvalue weighted by molar-refractivity contribution is 5.42. The maximum Gasteiger partial charge on any atom is 0.228 e. The van der Waals surface area contributed by atoms with E-state index in [1.54, 1.807) is 0 Å². The molecule has 1 saturated heterocycles. The highest BCUT2D eigenvalue weighted by Crippen LogP contribution is 2.29. The van der Waals surface area contributed by atoms with Crippen molar-refractivity contribution in [2.75, 3.05) is 37.7 Å². The summed E-state index contributed by atoms with van der Waals surface area (Å²) in [5.41, 5.74) is 5.15. The lowest BCUT2D eigenvalue weighted by molar-refractivity contribution is 0.248. The Kier molecular flexibility index (Phi) is 5.58. The molecule has 0 unspecified atom stereocenters. The fraction of sp³-hybridized carbons (Fsp3) is 0.545. The van der Waals surface area contributed by atoms with E-state index in [1.165, 1.54) is 35.2 Å². The van der Waals surface area contributed by atoms with Gasteiger partial charge in [-0.1, -0.05) is 29.8 Å². The van der Waals surface area contributed by atoms with E-state index in [1.807, 2.05) is 6.92 Å². The van der Waals surface area contributed by atoms with Gasteiger partial charge in [-0.2, -0.15) is 4.98 Å². The van der Waals surface area contributed by atoms with Crippen molar-refractivity contribution in [3.8, 4) is 5.88 Å². The molecule has 0 N–H and O–H groups in total. The molecule has 2 heterocycles. The number of hydrogen-bond donors (Lipinski definition) is 0. The van der Waals surface area contributed by atoms with Gasteiger partial charge in [-0.25, -0.2) is 4.98 Å². The van der Waals surface area contributed by atoms with Gasteiger partial charge in [0.1, 0.15) is 0 Å². The van der Waals surface area contributed by atoms with Gasteiger partial charge in [0.2, 0.25) is 11.8 Å². The Balaban J connectivity index is 1.43. The largest absolute Gasteiger partial charge is 0.478 e. The Bertz CT molecular complexity index is 767. The molecule has 1 fully saturated rings. The van der Waals surface area contributed by atoms with Crippen LogP contribution in [0.25, 0.3) is 0 Å². The van der Waals surface area contributed by atoms with Crippen LogP contribution in [0.5, 0.6) is 5.88 Å². The van der Waals surface area contributed by atoms with Gasteiger partial charge in [-0.15, -0.1) is 0 Å². The molecule has 2 aliphatic rings. The van der Waals surface area contributed by atoms with Crippen LogP contribution < -0.4 is 9.64 Å². The van der Waals surface area contributed by atoms with Crippen LogP contribution in [0.2, 0.25) is 0 Å². The van der Waals surface area contributed by atoms with Gasteiger partial charge in [0, 0.05) is 38.3 Å². The summed E-state index contributed by atoms with van der Waals surface area (Å²) in [5.74, 6) is 1.67. The van der Waals surface area contributed by atoms with Crippen molar-refractivity contribution in [1.82, 2.24) is 14.9 Å². The highest BCUT2D eigenvalue weighted by atomic mass is 16.5. The van der Waals surface area contributed by atoms with E-state index in [4.69, 9.17) is 14.7 Å². The molecule has 1 aliphatic carbocycles. The van der Waals surface area contributed by atoms with E-state index in [-0.39, 0.29) is 0 Å². The van der Waals surface area contributed by atoms with Crippen molar-refractivity contribution in [3.63, 3.8) is 0 Å². The minimum atomic E-state index is 0.660. The molecule has 5 heteroatoms. The molecule has 0 radical (unpaired) electrons. The zero-order valence-electron chi connectivity index (χ0n) is 16.6. The quantitative estimate of drug-likeness (QED) is 0.811. The minimum absolute atomic E-state index is 0.660. The molecule has 1 aliphatic heterocycles. The van der Waals surface area contributed by atoms with Gasteiger partial charge < -0.3 is 9.64 Å². The van der Waals surface area contributed by atoms with Crippen molar-refractivity contribution in [3.05, 3.63) is 46.6 Å². The molecule has 0 amide bonds. The first-order chi connectivity index (χ1) is 13.2. The molecule has 144 valence electrons. The number of hydrogen-bond acceptors (Lipinski definition) is 5. The van der Waals surface area contributed by atoms with Crippen LogP contribution >= 0.6 is 0 Å². The number of rotatable bonds is 5. The van der Waals surface area contributed by atoms with Crippen molar-refractivity contribution in [2.45, 2.75) is 46.1 Å². The first kappa shape index (κ1) is 18.2. The fourth-order valence-electron chi connectivity index (χ4n) is 4.00. The Morgan fingerprint density at radius 1 is 0.963 bits per heavy atom. The van der Waals surface area contributed by atoms with E-state index in [9.17, 15) is 0 Å². The monoisotopic (exact) mass is 366 g/mol. The van der Waals surface area contributed by atoms with E-state index in [0.717, 1.165) is 57.4 Å². The third-order valence-electron chi connectivity index (χ3n) is 5.60. The van der Waals surface area contributed by atoms with Gasteiger partial charge >= 0.3 is 0 Å². The van der Waals surface area contributed by atoms with Crippen molar-refractivity contribution in [2.24, 2.45) is 0 Å². The average molecular weight is 367 g/mol. The van der Waals surface area contributed by atoms with Crippen molar-refractivity contribution >= 4 is 5.95 Å². The molecule has 0 atom stereocenters. The van der Waals surface area contributed by atoms with Crippen LogP contribution in [0.15, 0.2) is 24.3 Å². The smallest absolute Gasteiger partial charge is 0.228 e. The molecule has 1 aromatic heterocycles. The summed E-state index contributed by atoms with van der Waals surface area (Å²) in [6, 6.07) is 8.87. The molecular formula is C22H30N4O. The van der Waals surface area contributed by atoms with Crippen LogP contribution in [0.1, 0.15) is 42.1 Å². The lowest BCUT2D eigenvalue weighted by Crippen LogP contribution is -2.46. The van der Waals surface area contributed by atoms with E-state index < -0.39 is 0 Å². The molecular weight excluding hydrogens is 336 g/mol. The van der Waals surface area contributed by atoms with Crippen molar-refractivity contribution < 1.29 is 4.74 Å². The summed E-state index contributed by atoms with van der Waals surface area (Å²) in [6.07, 6.45) is 4.54. The summed E-state index contributed by atoms with van der Waals surface area (Å²) in [7, 11) is 0. The molecule has 2 aromatic rings. The number of aryl methyl sites for hydroxylation is 2. The second-order valence-electron chi connectivity index (χ2n) is 7.64. The highest BCUT2D eigenvalue weighted by Gasteiger charge is 2.24. The van der Waals surface area contributed by atoms with E-state index in [0.29, 0.717) is 6.61 Å². The summed E-state index contributed by atoms with van der Waals surface area (Å²) in [4.78, 5) is 14.5. The van der Waals surface area contributed by atoms with Gasteiger partial charge in [0.15, 0.2) is 0 Å². The Morgan fingerprint density at radius 2 is 1.70 bits per heavy atom. The Labute approximate surface area is 162 Å².